The van der Waals surface area contributed by atoms with Gasteiger partial charge in [-0.15, -0.1) is 0 Å². The van der Waals surface area contributed by atoms with E-state index in [0.717, 1.165) is 0 Å². The summed E-state index contributed by atoms with van der Waals surface area (Å²) in [5.41, 5.74) is 0.609. The van der Waals surface area contributed by atoms with Gasteiger partial charge in [0.1, 0.15) is 0 Å². The molecule has 24 heavy (non-hydrogen) atoms. The topological polar surface area (TPSA) is 112 Å². The van der Waals surface area contributed by atoms with Crippen molar-refractivity contribution in [2.24, 2.45) is 5.92 Å². The number of benzene rings is 1. The molecule has 0 bridgehead atoms. The van der Waals surface area contributed by atoms with Crippen LogP contribution >= 0.6 is 23.5 Å². The zero-order valence-corrected chi connectivity index (χ0v) is 15.6. The summed E-state index contributed by atoms with van der Waals surface area (Å²) < 4.78 is 24.8. The molecule has 1 aromatic rings. The van der Waals surface area contributed by atoms with E-state index >= 15 is 0 Å². The van der Waals surface area contributed by atoms with E-state index in [9.17, 15) is 19.9 Å². The van der Waals surface area contributed by atoms with Gasteiger partial charge in [0.2, 0.25) is 11.1 Å². The van der Waals surface area contributed by atoms with Crippen LogP contribution in [-0.2, 0) is 23.6 Å². The number of nitrogens with zero attached hydrogens (tertiary/aromatic N) is 2. The smallest absolute Gasteiger partial charge is 0.324 e. The van der Waals surface area contributed by atoms with Gasteiger partial charge in [-0.25, -0.2) is 0 Å². The van der Waals surface area contributed by atoms with Crippen LogP contribution in [0.2, 0.25) is 0 Å². The Balaban J connectivity index is 2.92. The predicted molar refractivity (Wildman–Crippen MR) is 90.0 cm³/mol. The summed E-state index contributed by atoms with van der Waals surface area (Å²) in [7, 11) is -4.19. The number of hydrogen-bond acceptors (Lipinski definition) is 6. The summed E-state index contributed by atoms with van der Waals surface area (Å²) in [6, 6.07) is 8.49. The third-order valence-electron chi connectivity index (χ3n) is 3.70. The highest BCUT2D eigenvalue weighted by Gasteiger charge is 2.68. The minimum atomic E-state index is -4.19. The Morgan fingerprint density at radius 3 is 2.38 bits per heavy atom. The summed E-state index contributed by atoms with van der Waals surface area (Å²) in [5, 5.41) is 19.5. The third kappa shape index (κ3) is 2.47. The van der Waals surface area contributed by atoms with Crippen LogP contribution in [0.5, 0.6) is 0 Å². The molecule has 126 valence electrons. The lowest BCUT2D eigenvalue weighted by Crippen LogP contribution is -2.42. The summed E-state index contributed by atoms with van der Waals surface area (Å²) in [6.45, 7) is 3.19. The van der Waals surface area contributed by atoms with E-state index in [1.54, 1.807) is 44.2 Å². The maximum absolute atomic E-state index is 13.6. The Morgan fingerprint density at radius 1 is 1.29 bits per heavy atom. The quantitative estimate of drug-likeness (QED) is 0.716. The van der Waals surface area contributed by atoms with E-state index in [2.05, 4.69) is 21.2 Å². The van der Waals surface area contributed by atoms with Crippen molar-refractivity contribution < 1.29 is 18.4 Å². The standard InChI is InChI=1S/C15H15BrN3O4P/c1-3-22-24(21,23-4-2)15(10(8-17)9-18)13-11(16)6-5-7-12(13)19-14(15)20/h5-7,10H,3-4H2,1-2H3,(H,19,20)/t15-/m0/s1. The molecule has 0 fully saturated rings. The summed E-state index contributed by atoms with van der Waals surface area (Å²) in [4.78, 5) is 12.9. The molecule has 0 aliphatic carbocycles. The second-order valence-electron chi connectivity index (χ2n) is 4.91. The Morgan fingerprint density at radius 2 is 1.88 bits per heavy atom. The van der Waals surface area contributed by atoms with Gasteiger partial charge in [-0.1, -0.05) is 22.0 Å². The average molecular weight is 412 g/mol. The van der Waals surface area contributed by atoms with Gasteiger partial charge in [-0.05, 0) is 26.0 Å². The van der Waals surface area contributed by atoms with Crippen molar-refractivity contribution in [3.8, 4) is 12.1 Å². The fourth-order valence-electron chi connectivity index (χ4n) is 2.84. The first-order valence-corrected chi connectivity index (χ1v) is 9.55. The Labute approximate surface area is 148 Å². The van der Waals surface area contributed by atoms with Crippen molar-refractivity contribution in [3.63, 3.8) is 0 Å². The molecule has 0 unspecified atom stereocenters. The number of anilines is 1. The molecule has 0 saturated heterocycles. The lowest BCUT2D eigenvalue weighted by atomic mass is 9.87. The van der Waals surface area contributed by atoms with Crippen molar-refractivity contribution in [3.05, 3.63) is 28.2 Å². The van der Waals surface area contributed by atoms with Gasteiger partial charge >= 0.3 is 7.60 Å². The summed E-state index contributed by atoms with van der Waals surface area (Å²) in [6.07, 6.45) is 0. The number of halogens is 1. The molecule has 0 spiro atoms. The number of hydrogen-bond donors (Lipinski definition) is 1. The number of amides is 1. The van der Waals surface area contributed by atoms with Gasteiger partial charge < -0.3 is 14.4 Å². The molecule has 0 radical (unpaired) electrons. The van der Waals surface area contributed by atoms with Crippen LogP contribution in [0.15, 0.2) is 22.7 Å². The van der Waals surface area contributed by atoms with Crippen LogP contribution in [0.25, 0.3) is 0 Å². The minimum Gasteiger partial charge on any atom is -0.324 e. The molecule has 2 rings (SSSR count). The molecule has 1 aliphatic rings. The molecule has 9 heteroatoms. The van der Waals surface area contributed by atoms with Gasteiger partial charge in [0, 0.05) is 15.7 Å². The summed E-state index contributed by atoms with van der Waals surface area (Å²) in [5.74, 6) is -2.30. The zero-order valence-electron chi connectivity index (χ0n) is 13.1. The maximum Gasteiger partial charge on any atom is 0.353 e. The molecule has 1 aromatic carbocycles. The highest BCUT2D eigenvalue weighted by molar-refractivity contribution is 9.10. The van der Waals surface area contributed by atoms with E-state index in [1.165, 1.54) is 0 Å². The lowest BCUT2D eigenvalue weighted by Gasteiger charge is -2.35. The van der Waals surface area contributed by atoms with E-state index in [0.29, 0.717) is 10.2 Å². The number of carbonyl (C=O) groups is 1. The third-order valence-corrected chi connectivity index (χ3v) is 7.10. The average Bonchev–Trinajstić information content (AvgIpc) is 2.84. The second-order valence-corrected chi connectivity index (χ2v) is 7.98. The van der Waals surface area contributed by atoms with Gasteiger partial charge in [-0.3, -0.25) is 9.36 Å². The van der Waals surface area contributed by atoms with Gasteiger partial charge in [0.05, 0.1) is 25.4 Å². The number of nitrogens with one attached hydrogen (secondary N) is 1. The molecule has 0 saturated carbocycles. The lowest BCUT2D eigenvalue weighted by molar-refractivity contribution is -0.119. The molecule has 1 amide bonds. The van der Waals surface area contributed by atoms with E-state index in [-0.39, 0.29) is 18.8 Å². The Hall–Kier alpha value is -1.70. The molecule has 1 heterocycles. The predicted octanol–water partition coefficient (Wildman–Crippen LogP) is 3.53. The van der Waals surface area contributed by atoms with Crippen LogP contribution in [0.3, 0.4) is 0 Å². The van der Waals surface area contributed by atoms with Gasteiger partial charge in [0.15, 0.2) is 5.92 Å². The van der Waals surface area contributed by atoms with Crippen molar-refractivity contribution >= 4 is 35.1 Å². The highest BCUT2D eigenvalue weighted by Crippen LogP contribution is 2.71. The molecule has 7 nitrogen and oxygen atoms in total. The molecule has 1 aliphatic heterocycles. The van der Waals surface area contributed by atoms with Crippen molar-refractivity contribution in [2.75, 3.05) is 18.5 Å². The molecule has 0 aromatic heterocycles. The van der Waals surface area contributed by atoms with Crippen molar-refractivity contribution in [2.45, 2.75) is 19.0 Å². The van der Waals surface area contributed by atoms with Crippen LogP contribution in [0.1, 0.15) is 19.4 Å². The fraction of sp³-hybridized carbons (Fsp3) is 0.400. The first-order valence-electron chi connectivity index (χ1n) is 7.21. The number of carbonyl (C=O) groups excluding carboxylic acids is 1. The number of nitriles is 2. The largest absolute Gasteiger partial charge is 0.353 e. The fourth-order valence-corrected chi connectivity index (χ4v) is 6.08. The number of rotatable bonds is 6. The first-order chi connectivity index (χ1) is 11.4. The highest BCUT2D eigenvalue weighted by atomic mass is 79.9. The van der Waals surface area contributed by atoms with Gasteiger partial charge in [-0.2, -0.15) is 10.5 Å². The SMILES string of the molecule is CCOP(=O)(OCC)[C@]1(C(C#N)C#N)C(=O)Nc2cccc(Br)c21. The van der Waals surface area contributed by atoms with E-state index in [1.807, 2.05) is 0 Å². The summed E-state index contributed by atoms with van der Waals surface area (Å²) >= 11 is 3.33. The normalized spacial score (nSPS) is 19.5. The number of fused-ring (bicyclic) bond motifs is 1. The zero-order chi connectivity index (χ0) is 18.0. The second kappa shape index (κ2) is 7.04. The van der Waals surface area contributed by atoms with Crippen LogP contribution in [-0.4, -0.2) is 19.1 Å². The van der Waals surface area contributed by atoms with Crippen LogP contribution in [0, 0.1) is 28.6 Å². The molecule has 1 N–H and O–H groups in total. The molecular formula is C15H15BrN3O4P. The van der Waals surface area contributed by atoms with Crippen LogP contribution < -0.4 is 5.32 Å². The first kappa shape index (κ1) is 18.6. The molecular weight excluding hydrogens is 397 g/mol. The van der Waals surface area contributed by atoms with Crippen molar-refractivity contribution in [1.82, 2.24) is 0 Å². The molecule has 1 atom stereocenters. The van der Waals surface area contributed by atoms with E-state index in [4.69, 9.17) is 9.05 Å². The minimum absolute atomic E-state index is 0.00429. The van der Waals surface area contributed by atoms with E-state index < -0.39 is 24.6 Å². The van der Waals surface area contributed by atoms with Gasteiger partial charge in [0.25, 0.3) is 0 Å². The monoisotopic (exact) mass is 411 g/mol. The van der Waals surface area contributed by atoms with Crippen molar-refractivity contribution in [1.29, 1.82) is 10.5 Å². The maximum atomic E-state index is 13.6. The Kier molecular flexibility index (Phi) is 5.47. The van der Waals surface area contributed by atoms with Crippen LogP contribution in [0.4, 0.5) is 5.69 Å². The Bertz CT molecular complexity index is 777.